The van der Waals surface area contributed by atoms with Crippen LogP contribution in [0.2, 0.25) is 0 Å². The third-order valence-corrected chi connectivity index (χ3v) is 1.82. The largest absolute Gasteiger partial charge is 0.321 e. The second-order valence-electron chi connectivity index (χ2n) is 2.17. The highest BCUT2D eigenvalue weighted by Gasteiger charge is 2.00. The van der Waals surface area contributed by atoms with E-state index in [9.17, 15) is 0 Å². The predicted octanol–water partition coefficient (Wildman–Crippen LogP) is 2.45. The fourth-order valence-corrected chi connectivity index (χ4v) is 1.14. The number of nitrogens with zero attached hydrogens (tertiary/aromatic N) is 1. The van der Waals surface area contributed by atoms with Gasteiger partial charge in [-0.05, 0) is 33.6 Å². The maximum absolute atomic E-state index is 5.70. The molecule has 2 N–H and O–H groups in total. The van der Waals surface area contributed by atoms with Gasteiger partial charge in [-0.3, -0.25) is 0 Å². The molecular weight excluding hydrogens is 239 g/mol. The van der Waals surface area contributed by atoms with Crippen LogP contribution >= 0.6 is 28.3 Å². The molecule has 0 aliphatic rings. The van der Waals surface area contributed by atoms with Gasteiger partial charge < -0.3 is 5.73 Å². The van der Waals surface area contributed by atoms with Gasteiger partial charge >= 0.3 is 0 Å². The van der Waals surface area contributed by atoms with Gasteiger partial charge in [-0.2, -0.15) is 0 Å². The van der Waals surface area contributed by atoms with Crippen LogP contribution in [0.1, 0.15) is 11.6 Å². The first-order valence-electron chi connectivity index (χ1n) is 3.23. The summed E-state index contributed by atoms with van der Waals surface area (Å²) in [6, 6.07) is 3.65. The molecule has 0 spiro atoms. The van der Waals surface area contributed by atoms with Crippen molar-refractivity contribution in [2.45, 2.75) is 6.04 Å². The molecule has 0 aromatic carbocycles. The number of nitrogens with two attached hydrogens (primary N) is 1. The van der Waals surface area contributed by atoms with E-state index in [4.69, 9.17) is 5.73 Å². The molecule has 0 saturated carbocycles. The van der Waals surface area contributed by atoms with Crippen molar-refractivity contribution in [1.82, 2.24) is 4.98 Å². The predicted molar refractivity (Wildman–Crippen MR) is 56.3 cm³/mol. The van der Waals surface area contributed by atoms with Crippen LogP contribution < -0.4 is 5.73 Å². The van der Waals surface area contributed by atoms with Gasteiger partial charge in [-0.1, -0.05) is 6.08 Å². The van der Waals surface area contributed by atoms with Crippen molar-refractivity contribution in [2.75, 3.05) is 0 Å². The molecule has 0 bridgehead atoms. The van der Waals surface area contributed by atoms with Crippen LogP contribution in [-0.4, -0.2) is 4.98 Å². The Kier molecular flexibility index (Phi) is 5.13. The van der Waals surface area contributed by atoms with Crippen LogP contribution in [0.3, 0.4) is 0 Å². The van der Waals surface area contributed by atoms with E-state index in [0.717, 1.165) is 10.2 Å². The van der Waals surface area contributed by atoms with Gasteiger partial charge in [-0.15, -0.1) is 19.0 Å². The number of hydrogen-bond acceptors (Lipinski definition) is 2. The second kappa shape index (κ2) is 5.30. The number of rotatable bonds is 2. The van der Waals surface area contributed by atoms with E-state index in [0.29, 0.717) is 0 Å². The SMILES string of the molecule is C=C[C@@H](N)c1ccnc(Br)c1.Cl. The zero-order valence-corrected chi connectivity index (χ0v) is 8.81. The molecule has 0 saturated heterocycles. The summed E-state index contributed by atoms with van der Waals surface area (Å²) >= 11 is 3.26. The third kappa shape index (κ3) is 2.93. The van der Waals surface area contributed by atoms with E-state index < -0.39 is 0 Å². The van der Waals surface area contributed by atoms with Crippen molar-refractivity contribution in [1.29, 1.82) is 0 Å². The smallest absolute Gasteiger partial charge is 0.106 e. The highest BCUT2D eigenvalue weighted by molar-refractivity contribution is 9.10. The van der Waals surface area contributed by atoms with E-state index in [1.165, 1.54) is 0 Å². The molecular formula is C8H10BrClN2. The number of hydrogen-bond donors (Lipinski definition) is 1. The van der Waals surface area contributed by atoms with E-state index in [-0.39, 0.29) is 18.4 Å². The third-order valence-electron chi connectivity index (χ3n) is 1.39. The molecule has 2 nitrogen and oxygen atoms in total. The molecule has 1 rings (SSSR count). The van der Waals surface area contributed by atoms with Crippen molar-refractivity contribution in [3.05, 3.63) is 41.2 Å². The lowest BCUT2D eigenvalue weighted by molar-refractivity contribution is 0.907. The Bertz CT molecular complexity index is 265. The topological polar surface area (TPSA) is 38.9 Å². The zero-order valence-electron chi connectivity index (χ0n) is 6.40. The minimum absolute atomic E-state index is 0. The minimum atomic E-state index is -0.103. The minimum Gasteiger partial charge on any atom is -0.321 e. The average molecular weight is 250 g/mol. The summed E-state index contributed by atoms with van der Waals surface area (Å²) in [5.41, 5.74) is 6.71. The van der Waals surface area contributed by atoms with Crippen LogP contribution in [0.5, 0.6) is 0 Å². The maximum Gasteiger partial charge on any atom is 0.106 e. The summed E-state index contributed by atoms with van der Waals surface area (Å²) in [6.07, 6.45) is 3.41. The molecule has 66 valence electrons. The Morgan fingerprint density at radius 3 is 2.83 bits per heavy atom. The summed E-state index contributed by atoms with van der Waals surface area (Å²) in [4.78, 5) is 3.98. The maximum atomic E-state index is 5.70. The van der Waals surface area contributed by atoms with E-state index >= 15 is 0 Å². The van der Waals surface area contributed by atoms with Crippen LogP contribution in [0, 0.1) is 0 Å². The molecule has 4 heteroatoms. The summed E-state index contributed by atoms with van der Waals surface area (Å²) in [5.74, 6) is 0. The van der Waals surface area contributed by atoms with Gasteiger partial charge in [-0.25, -0.2) is 4.98 Å². The molecule has 0 fully saturated rings. The average Bonchev–Trinajstić information content (AvgIpc) is 2.03. The van der Waals surface area contributed by atoms with Crippen LogP contribution in [0.4, 0.5) is 0 Å². The molecule has 0 amide bonds. The van der Waals surface area contributed by atoms with Gasteiger partial charge in [0.2, 0.25) is 0 Å². The Hall–Kier alpha value is -0.380. The lowest BCUT2D eigenvalue weighted by atomic mass is 10.1. The molecule has 0 aliphatic carbocycles. The Morgan fingerprint density at radius 1 is 1.67 bits per heavy atom. The number of aromatic nitrogens is 1. The molecule has 1 atom stereocenters. The fourth-order valence-electron chi connectivity index (χ4n) is 0.761. The summed E-state index contributed by atoms with van der Waals surface area (Å²) in [6.45, 7) is 3.61. The van der Waals surface area contributed by atoms with Crippen molar-refractivity contribution in [3.8, 4) is 0 Å². The number of halogens is 2. The standard InChI is InChI=1S/C8H9BrN2.ClH/c1-2-7(10)6-3-4-11-8(9)5-6;/h2-5,7H,1,10H2;1H/t7-;/m1./s1. The van der Waals surface area contributed by atoms with Crippen molar-refractivity contribution in [2.24, 2.45) is 5.73 Å². The van der Waals surface area contributed by atoms with Gasteiger partial charge in [0, 0.05) is 12.2 Å². The highest BCUT2D eigenvalue weighted by atomic mass is 79.9. The number of pyridine rings is 1. The van der Waals surface area contributed by atoms with Gasteiger partial charge in [0.15, 0.2) is 0 Å². The van der Waals surface area contributed by atoms with Crippen molar-refractivity contribution >= 4 is 28.3 Å². The lowest BCUT2D eigenvalue weighted by Gasteiger charge is -2.04. The van der Waals surface area contributed by atoms with E-state index in [2.05, 4.69) is 27.5 Å². The van der Waals surface area contributed by atoms with Crippen molar-refractivity contribution < 1.29 is 0 Å². The Labute approximate surface area is 86.4 Å². The van der Waals surface area contributed by atoms with Gasteiger partial charge in [0.25, 0.3) is 0 Å². The Morgan fingerprint density at radius 2 is 2.33 bits per heavy atom. The summed E-state index contributed by atoms with van der Waals surface area (Å²) < 4.78 is 0.798. The fraction of sp³-hybridized carbons (Fsp3) is 0.125. The highest BCUT2D eigenvalue weighted by Crippen LogP contribution is 2.14. The molecule has 0 radical (unpaired) electrons. The van der Waals surface area contributed by atoms with Crippen LogP contribution in [0.15, 0.2) is 35.6 Å². The quantitative estimate of drug-likeness (QED) is 0.646. The normalized spacial score (nSPS) is 11.5. The molecule has 1 heterocycles. The van der Waals surface area contributed by atoms with Gasteiger partial charge in [0.05, 0.1) is 0 Å². The van der Waals surface area contributed by atoms with Gasteiger partial charge in [0.1, 0.15) is 4.60 Å². The second-order valence-corrected chi connectivity index (χ2v) is 2.99. The molecule has 1 aromatic rings. The van der Waals surface area contributed by atoms with Crippen LogP contribution in [-0.2, 0) is 0 Å². The first-order valence-corrected chi connectivity index (χ1v) is 4.03. The van der Waals surface area contributed by atoms with E-state index in [1.54, 1.807) is 12.3 Å². The first kappa shape index (κ1) is 11.6. The van der Waals surface area contributed by atoms with E-state index in [1.807, 2.05) is 12.1 Å². The Balaban J connectivity index is 0.00000121. The summed E-state index contributed by atoms with van der Waals surface area (Å²) in [5, 5.41) is 0. The summed E-state index contributed by atoms with van der Waals surface area (Å²) in [7, 11) is 0. The lowest BCUT2D eigenvalue weighted by Crippen LogP contribution is -2.06. The monoisotopic (exact) mass is 248 g/mol. The zero-order chi connectivity index (χ0) is 8.27. The van der Waals surface area contributed by atoms with Crippen molar-refractivity contribution in [3.63, 3.8) is 0 Å². The molecule has 12 heavy (non-hydrogen) atoms. The first-order chi connectivity index (χ1) is 5.24. The molecule has 1 aromatic heterocycles. The van der Waals surface area contributed by atoms with Crippen LogP contribution in [0.25, 0.3) is 0 Å². The molecule has 0 aliphatic heterocycles. The molecule has 0 unspecified atom stereocenters.